The lowest BCUT2D eigenvalue weighted by Gasteiger charge is -2.27. The van der Waals surface area contributed by atoms with Crippen LogP contribution in [0.4, 0.5) is 10.1 Å². The molecular formula is C15H21FN2. The number of hydrogen-bond acceptors (Lipinski definition) is 2. The number of nitrogens with zero attached hydrogens (tertiary/aromatic N) is 1. The van der Waals surface area contributed by atoms with Gasteiger partial charge < -0.3 is 10.2 Å². The number of anilines is 1. The molecule has 2 nitrogen and oxygen atoms in total. The first-order valence-corrected chi connectivity index (χ1v) is 7.10. The Balaban J connectivity index is 1.60. The van der Waals surface area contributed by atoms with Crippen molar-refractivity contribution >= 4 is 5.69 Å². The molecule has 2 aliphatic rings. The summed E-state index contributed by atoms with van der Waals surface area (Å²) in [6.45, 7) is 3.26. The summed E-state index contributed by atoms with van der Waals surface area (Å²) in [5, 5.41) is 3.58. The van der Waals surface area contributed by atoms with E-state index in [0.717, 1.165) is 31.7 Å². The van der Waals surface area contributed by atoms with E-state index in [2.05, 4.69) is 10.2 Å². The Labute approximate surface area is 108 Å². The molecule has 3 heteroatoms. The maximum Gasteiger partial charge on any atom is 0.125 e. The number of fused-ring (bicyclic) bond motifs is 1. The molecule has 2 heterocycles. The molecule has 1 aromatic carbocycles. The van der Waals surface area contributed by atoms with Crippen LogP contribution in [0.1, 0.15) is 31.2 Å². The van der Waals surface area contributed by atoms with Crippen molar-refractivity contribution in [2.24, 2.45) is 0 Å². The van der Waals surface area contributed by atoms with E-state index in [4.69, 9.17) is 0 Å². The third kappa shape index (κ3) is 2.51. The van der Waals surface area contributed by atoms with Crippen molar-refractivity contribution in [2.45, 2.75) is 38.1 Å². The number of hydrogen-bond donors (Lipinski definition) is 1. The SMILES string of the molecule is Fc1ccc2c(c1)N(CCC1CCCCN1)CC2. The molecule has 0 saturated carbocycles. The highest BCUT2D eigenvalue weighted by atomic mass is 19.1. The van der Waals surface area contributed by atoms with Crippen molar-refractivity contribution in [3.63, 3.8) is 0 Å². The van der Waals surface area contributed by atoms with Crippen LogP contribution in [0.3, 0.4) is 0 Å². The normalized spacial score (nSPS) is 23.2. The van der Waals surface area contributed by atoms with Gasteiger partial charge in [-0.05, 0) is 49.9 Å². The molecule has 18 heavy (non-hydrogen) atoms. The van der Waals surface area contributed by atoms with Crippen molar-refractivity contribution in [1.82, 2.24) is 5.32 Å². The molecule has 98 valence electrons. The van der Waals surface area contributed by atoms with Crippen molar-refractivity contribution in [3.8, 4) is 0 Å². The monoisotopic (exact) mass is 248 g/mol. The zero-order valence-electron chi connectivity index (χ0n) is 10.8. The number of benzene rings is 1. The summed E-state index contributed by atoms with van der Waals surface area (Å²) >= 11 is 0. The van der Waals surface area contributed by atoms with Crippen LogP contribution in [-0.2, 0) is 6.42 Å². The average Bonchev–Trinajstić information content (AvgIpc) is 2.80. The first-order chi connectivity index (χ1) is 8.83. The number of nitrogens with one attached hydrogen (secondary N) is 1. The number of piperidine rings is 1. The van der Waals surface area contributed by atoms with Gasteiger partial charge in [-0.3, -0.25) is 0 Å². The van der Waals surface area contributed by atoms with Crippen LogP contribution in [0.25, 0.3) is 0 Å². The summed E-state index contributed by atoms with van der Waals surface area (Å²) in [7, 11) is 0. The number of rotatable bonds is 3. The molecular weight excluding hydrogens is 227 g/mol. The second kappa shape index (κ2) is 5.27. The average molecular weight is 248 g/mol. The highest BCUT2D eigenvalue weighted by Crippen LogP contribution is 2.29. The van der Waals surface area contributed by atoms with Crippen LogP contribution >= 0.6 is 0 Å². The zero-order chi connectivity index (χ0) is 12.4. The first kappa shape index (κ1) is 12.0. The molecule has 1 fully saturated rings. The summed E-state index contributed by atoms with van der Waals surface area (Å²) < 4.78 is 13.3. The van der Waals surface area contributed by atoms with E-state index >= 15 is 0 Å². The van der Waals surface area contributed by atoms with Gasteiger partial charge in [0.2, 0.25) is 0 Å². The Morgan fingerprint density at radius 2 is 2.28 bits per heavy atom. The van der Waals surface area contributed by atoms with Crippen LogP contribution in [0, 0.1) is 5.82 Å². The van der Waals surface area contributed by atoms with Gasteiger partial charge in [-0.2, -0.15) is 0 Å². The fourth-order valence-corrected chi connectivity index (χ4v) is 3.13. The van der Waals surface area contributed by atoms with Crippen LogP contribution in [0.2, 0.25) is 0 Å². The van der Waals surface area contributed by atoms with Crippen molar-refractivity contribution < 1.29 is 4.39 Å². The van der Waals surface area contributed by atoms with Crippen LogP contribution in [0.15, 0.2) is 18.2 Å². The molecule has 2 aliphatic heterocycles. The molecule has 0 amide bonds. The van der Waals surface area contributed by atoms with Gasteiger partial charge >= 0.3 is 0 Å². The molecule has 3 rings (SSSR count). The molecule has 1 atom stereocenters. The molecule has 1 saturated heterocycles. The smallest absolute Gasteiger partial charge is 0.125 e. The second-order valence-corrected chi connectivity index (χ2v) is 5.45. The minimum atomic E-state index is -0.114. The Hall–Kier alpha value is -1.09. The van der Waals surface area contributed by atoms with E-state index in [-0.39, 0.29) is 5.82 Å². The predicted octanol–water partition coefficient (Wildman–Crippen LogP) is 2.72. The summed E-state index contributed by atoms with van der Waals surface area (Å²) in [4.78, 5) is 2.34. The molecule has 1 aromatic rings. The zero-order valence-corrected chi connectivity index (χ0v) is 10.8. The molecule has 0 aliphatic carbocycles. The van der Waals surface area contributed by atoms with Gasteiger partial charge in [0.05, 0.1) is 0 Å². The molecule has 0 radical (unpaired) electrons. The molecule has 1 N–H and O–H groups in total. The van der Waals surface area contributed by atoms with Gasteiger partial charge in [-0.15, -0.1) is 0 Å². The van der Waals surface area contributed by atoms with Gasteiger partial charge in [-0.1, -0.05) is 12.5 Å². The topological polar surface area (TPSA) is 15.3 Å². The van der Waals surface area contributed by atoms with Gasteiger partial charge in [0, 0.05) is 24.8 Å². The number of halogens is 1. The van der Waals surface area contributed by atoms with Gasteiger partial charge in [-0.25, -0.2) is 4.39 Å². The van der Waals surface area contributed by atoms with Crippen molar-refractivity contribution in [2.75, 3.05) is 24.5 Å². The van der Waals surface area contributed by atoms with Gasteiger partial charge in [0.15, 0.2) is 0 Å². The van der Waals surface area contributed by atoms with Crippen LogP contribution in [-0.4, -0.2) is 25.7 Å². The standard InChI is InChI=1S/C15H21FN2/c16-13-5-4-12-6-9-18(15(12)11-13)10-7-14-3-1-2-8-17-14/h4-5,11,14,17H,1-3,6-10H2. The minimum absolute atomic E-state index is 0.114. The predicted molar refractivity (Wildman–Crippen MR) is 72.6 cm³/mol. The fourth-order valence-electron chi connectivity index (χ4n) is 3.13. The summed E-state index contributed by atoms with van der Waals surface area (Å²) in [6, 6.07) is 5.86. The van der Waals surface area contributed by atoms with Crippen molar-refractivity contribution in [3.05, 3.63) is 29.6 Å². The lowest BCUT2D eigenvalue weighted by molar-refractivity contribution is 0.383. The summed E-state index contributed by atoms with van der Waals surface area (Å²) in [6.07, 6.45) is 6.20. The lowest BCUT2D eigenvalue weighted by Crippen LogP contribution is -2.37. The van der Waals surface area contributed by atoms with Gasteiger partial charge in [0.1, 0.15) is 5.82 Å². The molecule has 0 bridgehead atoms. The Bertz CT molecular complexity index is 413. The van der Waals surface area contributed by atoms with E-state index in [1.165, 1.54) is 31.2 Å². The highest BCUT2D eigenvalue weighted by Gasteiger charge is 2.21. The van der Waals surface area contributed by atoms with E-state index in [1.807, 2.05) is 6.07 Å². The molecule has 0 spiro atoms. The Morgan fingerprint density at radius 3 is 3.11 bits per heavy atom. The summed E-state index contributed by atoms with van der Waals surface area (Å²) in [5.41, 5.74) is 2.42. The second-order valence-electron chi connectivity index (χ2n) is 5.45. The van der Waals surface area contributed by atoms with Crippen molar-refractivity contribution in [1.29, 1.82) is 0 Å². The highest BCUT2D eigenvalue weighted by molar-refractivity contribution is 5.58. The van der Waals surface area contributed by atoms with E-state index in [1.54, 1.807) is 12.1 Å². The molecule has 0 aromatic heterocycles. The molecule has 1 unspecified atom stereocenters. The Morgan fingerprint density at radius 1 is 1.33 bits per heavy atom. The van der Waals surface area contributed by atoms with E-state index in [9.17, 15) is 4.39 Å². The summed E-state index contributed by atoms with van der Waals surface area (Å²) in [5.74, 6) is -0.114. The maximum absolute atomic E-state index is 13.3. The van der Waals surface area contributed by atoms with E-state index in [0.29, 0.717) is 6.04 Å². The fraction of sp³-hybridized carbons (Fsp3) is 0.600. The quantitative estimate of drug-likeness (QED) is 0.885. The van der Waals surface area contributed by atoms with Crippen LogP contribution < -0.4 is 10.2 Å². The maximum atomic E-state index is 13.3. The minimum Gasteiger partial charge on any atom is -0.371 e. The third-order valence-electron chi connectivity index (χ3n) is 4.20. The van der Waals surface area contributed by atoms with Crippen LogP contribution in [0.5, 0.6) is 0 Å². The largest absolute Gasteiger partial charge is 0.371 e. The Kier molecular flexibility index (Phi) is 3.50. The van der Waals surface area contributed by atoms with Gasteiger partial charge in [0.25, 0.3) is 0 Å². The first-order valence-electron chi connectivity index (χ1n) is 7.10. The van der Waals surface area contributed by atoms with E-state index < -0.39 is 0 Å². The lowest BCUT2D eigenvalue weighted by atomic mass is 10.0. The third-order valence-corrected chi connectivity index (χ3v) is 4.20.